The van der Waals surface area contributed by atoms with Gasteiger partial charge in [-0.1, -0.05) is 0 Å². The Kier molecular flexibility index (Phi) is 5.70. The molecule has 0 aliphatic carbocycles. The van der Waals surface area contributed by atoms with Crippen molar-refractivity contribution < 1.29 is 27.9 Å². The van der Waals surface area contributed by atoms with Crippen LogP contribution in [-0.4, -0.2) is 57.0 Å². The summed E-state index contributed by atoms with van der Waals surface area (Å²) in [5, 5.41) is 11.3. The van der Waals surface area contributed by atoms with Crippen LogP contribution in [0.2, 0.25) is 0 Å². The maximum absolute atomic E-state index is 11.6. The van der Waals surface area contributed by atoms with Gasteiger partial charge in [-0.2, -0.15) is 0 Å². The first kappa shape index (κ1) is 15.9. The maximum atomic E-state index is 11.6. The molecule has 0 spiro atoms. The second-order valence-electron chi connectivity index (χ2n) is 4.34. The Hall–Kier alpha value is -1.19. The number of sulfonamides is 1. The number of hydrogen-bond acceptors (Lipinski definition) is 5. The molecule has 3 N–H and O–H groups in total. The fourth-order valence-electron chi connectivity index (χ4n) is 1.68. The molecule has 0 unspecified atom stereocenters. The van der Waals surface area contributed by atoms with E-state index < -0.39 is 28.2 Å². The van der Waals surface area contributed by atoms with Crippen molar-refractivity contribution in [1.29, 1.82) is 0 Å². The summed E-state index contributed by atoms with van der Waals surface area (Å²) in [4.78, 5) is 22.2. The predicted molar refractivity (Wildman–Crippen MR) is 66.0 cm³/mol. The minimum absolute atomic E-state index is 0.238. The quantitative estimate of drug-likeness (QED) is 0.500. The summed E-state index contributed by atoms with van der Waals surface area (Å²) in [5.41, 5.74) is 0. The molecule has 9 heteroatoms. The molecule has 0 radical (unpaired) electrons. The van der Waals surface area contributed by atoms with Crippen LogP contribution >= 0.6 is 0 Å². The largest absolute Gasteiger partial charge is 0.479 e. The average Bonchev–Trinajstić information content (AvgIpc) is 2.76. The molecule has 0 aromatic carbocycles. The van der Waals surface area contributed by atoms with Crippen molar-refractivity contribution in [1.82, 2.24) is 10.0 Å². The molecule has 2 atom stereocenters. The molecule has 19 heavy (non-hydrogen) atoms. The van der Waals surface area contributed by atoms with E-state index in [-0.39, 0.29) is 12.5 Å². The molecule has 0 saturated carbocycles. The molecule has 1 aliphatic rings. The fourth-order valence-corrected chi connectivity index (χ4v) is 2.20. The van der Waals surface area contributed by atoms with Crippen LogP contribution in [0, 0.1) is 0 Å². The van der Waals surface area contributed by atoms with Gasteiger partial charge in [-0.3, -0.25) is 4.79 Å². The van der Waals surface area contributed by atoms with E-state index in [9.17, 15) is 18.0 Å². The number of carboxylic acids is 1. The Morgan fingerprint density at radius 1 is 1.26 bits per heavy atom. The molecule has 1 aliphatic heterocycles. The van der Waals surface area contributed by atoms with Gasteiger partial charge >= 0.3 is 5.97 Å². The van der Waals surface area contributed by atoms with Crippen molar-refractivity contribution in [3.63, 3.8) is 0 Å². The Balaban J connectivity index is 2.17. The SMILES string of the molecule is CS(=O)(=O)NCCCNC(=O)[C@@H]1CC[C@H](C(=O)O)O1. The highest BCUT2D eigenvalue weighted by Crippen LogP contribution is 2.19. The predicted octanol–water partition coefficient (Wildman–Crippen LogP) is -1.33. The molecule has 110 valence electrons. The zero-order valence-electron chi connectivity index (χ0n) is 10.6. The number of carbonyl (C=O) groups excluding carboxylic acids is 1. The summed E-state index contributed by atoms with van der Waals surface area (Å²) in [7, 11) is -3.21. The van der Waals surface area contributed by atoms with Crippen LogP contribution in [-0.2, 0) is 24.3 Å². The zero-order chi connectivity index (χ0) is 14.5. The van der Waals surface area contributed by atoms with E-state index in [0.717, 1.165) is 6.26 Å². The van der Waals surface area contributed by atoms with Gasteiger partial charge in [-0.15, -0.1) is 0 Å². The van der Waals surface area contributed by atoms with Gasteiger partial charge in [0.2, 0.25) is 15.9 Å². The molecule has 1 heterocycles. The lowest BCUT2D eigenvalue weighted by atomic mass is 10.2. The van der Waals surface area contributed by atoms with Crippen molar-refractivity contribution in [3.8, 4) is 0 Å². The molecule has 0 aromatic heterocycles. The molecule has 0 bridgehead atoms. The number of nitrogens with one attached hydrogen (secondary N) is 2. The highest BCUT2D eigenvalue weighted by atomic mass is 32.2. The third kappa shape index (κ3) is 5.99. The smallest absolute Gasteiger partial charge is 0.332 e. The Morgan fingerprint density at radius 2 is 1.89 bits per heavy atom. The molecular formula is C10H18N2O6S. The lowest BCUT2D eigenvalue weighted by Gasteiger charge is -2.11. The highest BCUT2D eigenvalue weighted by molar-refractivity contribution is 7.88. The lowest BCUT2D eigenvalue weighted by Crippen LogP contribution is -2.37. The number of amides is 1. The molecule has 1 fully saturated rings. The van der Waals surface area contributed by atoms with Crippen molar-refractivity contribution in [3.05, 3.63) is 0 Å². The third-order valence-electron chi connectivity index (χ3n) is 2.60. The highest BCUT2D eigenvalue weighted by Gasteiger charge is 2.34. The van der Waals surface area contributed by atoms with Crippen molar-refractivity contribution >= 4 is 21.9 Å². The van der Waals surface area contributed by atoms with Crippen LogP contribution < -0.4 is 10.0 Å². The second kappa shape index (κ2) is 6.83. The van der Waals surface area contributed by atoms with Gasteiger partial charge < -0.3 is 15.2 Å². The summed E-state index contributed by atoms with van der Waals surface area (Å²) in [6.45, 7) is 0.543. The van der Waals surface area contributed by atoms with Crippen molar-refractivity contribution in [2.75, 3.05) is 19.3 Å². The van der Waals surface area contributed by atoms with Gasteiger partial charge in [-0.05, 0) is 19.3 Å². The van der Waals surface area contributed by atoms with E-state index in [2.05, 4.69) is 10.0 Å². The van der Waals surface area contributed by atoms with Crippen LogP contribution in [0.4, 0.5) is 0 Å². The van der Waals surface area contributed by atoms with E-state index in [4.69, 9.17) is 9.84 Å². The Morgan fingerprint density at radius 3 is 2.42 bits per heavy atom. The van der Waals surface area contributed by atoms with E-state index in [0.29, 0.717) is 25.8 Å². The van der Waals surface area contributed by atoms with Crippen molar-refractivity contribution in [2.45, 2.75) is 31.5 Å². The summed E-state index contributed by atoms with van der Waals surface area (Å²) >= 11 is 0. The van der Waals surface area contributed by atoms with Crippen molar-refractivity contribution in [2.24, 2.45) is 0 Å². The van der Waals surface area contributed by atoms with Gasteiger partial charge in [0.1, 0.15) is 6.10 Å². The molecule has 8 nitrogen and oxygen atoms in total. The minimum atomic E-state index is -3.21. The first-order valence-corrected chi connectivity index (χ1v) is 7.79. The van der Waals surface area contributed by atoms with Gasteiger partial charge in [-0.25, -0.2) is 17.9 Å². The summed E-state index contributed by atoms with van der Waals surface area (Å²) in [6, 6.07) is 0. The molecule has 1 saturated heterocycles. The van der Waals surface area contributed by atoms with E-state index in [1.54, 1.807) is 0 Å². The Labute approximate surface area is 111 Å². The topological polar surface area (TPSA) is 122 Å². The normalized spacial score (nSPS) is 23.2. The van der Waals surface area contributed by atoms with Gasteiger partial charge in [0.25, 0.3) is 0 Å². The molecule has 1 rings (SSSR count). The number of carboxylic acid groups (broad SMARTS) is 1. The van der Waals surface area contributed by atoms with Crippen LogP contribution in [0.1, 0.15) is 19.3 Å². The first-order valence-electron chi connectivity index (χ1n) is 5.90. The summed E-state index contributed by atoms with van der Waals surface area (Å²) < 4.78 is 28.9. The van der Waals surface area contributed by atoms with Crippen LogP contribution in [0.15, 0.2) is 0 Å². The lowest BCUT2D eigenvalue weighted by molar-refractivity contribution is -0.151. The molecule has 0 aromatic rings. The van der Waals surface area contributed by atoms with Gasteiger partial charge in [0, 0.05) is 13.1 Å². The van der Waals surface area contributed by atoms with Gasteiger partial charge in [0.05, 0.1) is 6.26 Å². The second-order valence-corrected chi connectivity index (χ2v) is 6.17. The third-order valence-corrected chi connectivity index (χ3v) is 3.33. The monoisotopic (exact) mass is 294 g/mol. The molecular weight excluding hydrogens is 276 g/mol. The number of aliphatic carboxylic acids is 1. The summed E-state index contributed by atoms with van der Waals surface area (Å²) in [6.07, 6.45) is 0.567. The van der Waals surface area contributed by atoms with E-state index >= 15 is 0 Å². The zero-order valence-corrected chi connectivity index (χ0v) is 11.4. The first-order chi connectivity index (χ1) is 8.79. The standard InChI is InChI=1S/C10H18N2O6S/c1-19(16,17)12-6-2-5-11-9(13)7-3-4-8(18-7)10(14)15/h7-8,12H,2-6H2,1H3,(H,11,13)(H,14,15)/t7-,8+/m0/s1. The number of ether oxygens (including phenoxy) is 1. The average molecular weight is 294 g/mol. The number of hydrogen-bond donors (Lipinski definition) is 3. The van der Waals surface area contributed by atoms with Crippen LogP contribution in [0.5, 0.6) is 0 Å². The van der Waals surface area contributed by atoms with E-state index in [1.807, 2.05) is 0 Å². The van der Waals surface area contributed by atoms with Crippen LogP contribution in [0.3, 0.4) is 0 Å². The maximum Gasteiger partial charge on any atom is 0.332 e. The molecule has 1 amide bonds. The van der Waals surface area contributed by atoms with Gasteiger partial charge in [0.15, 0.2) is 6.10 Å². The van der Waals surface area contributed by atoms with E-state index in [1.165, 1.54) is 0 Å². The van der Waals surface area contributed by atoms with Crippen LogP contribution in [0.25, 0.3) is 0 Å². The number of rotatable bonds is 7. The minimum Gasteiger partial charge on any atom is -0.479 e. The number of carbonyl (C=O) groups is 2. The Bertz CT molecular complexity index is 435. The summed E-state index contributed by atoms with van der Waals surface area (Å²) in [5.74, 6) is -1.42. The fraction of sp³-hybridized carbons (Fsp3) is 0.800.